The van der Waals surface area contributed by atoms with Crippen LogP contribution in [0.2, 0.25) is 0 Å². The molecule has 1 N–H and O–H groups in total. The Labute approximate surface area is 30.9 Å². The van der Waals surface area contributed by atoms with Gasteiger partial charge in [0.25, 0.3) is 0 Å². The van der Waals surface area contributed by atoms with Gasteiger partial charge in [-0.2, -0.15) is 0 Å². The number of aliphatic hydroxyl groups is 1. The van der Waals surface area contributed by atoms with Crippen LogP contribution in [0.1, 0.15) is 12.8 Å². The quantitative estimate of drug-likeness (QED) is 0.450. The fourth-order valence-electron chi connectivity index (χ4n) is 0.237. The lowest BCUT2D eigenvalue weighted by atomic mass is 10.1. The molecule has 1 rings (SSSR count). The molecule has 1 aliphatic carbocycles. The molecule has 1 aliphatic rings. The maximum Gasteiger partial charge on any atom is 0.0961 e. The van der Waals surface area contributed by atoms with E-state index in [1.54, 1.807) is 0 Å². The Morgan fingerprint density at radius 1 is 1.80 bits per heavy atom. The minimum atomic E-state index is 0.435. The maximum atomic E-state index is 8.25. The second-order valence-electron chi connectivity index (χ2n) is 1.12. The summed E-state index contributed by atoms with van der Waals surface area (Å²) in [6.45, 7) is 0. The van der Waals surface area contributed by atoms with Gasteiger partial charge in [-0.3, -0.25) is 0 Å². The number of hydrogen-bond donors (Lipinski definition) is 1. The molecule has 0 bridgehead atoms. The molecule has 0 aromatic heterocycles. The van der Waals surface area contributed by atoms with E-state index in [-0.39, 0.29) is 0 Å². The number of rotatable bonds is 0. The highest BCUT2D eigenvalue weighted by Crippen LogP contribution is 2.11. The Kier molecular flexibility index (Phi) is 0.411. The van der Waals surface area contributed by atoms with E-state index in [4.69, 9.17) is 5.11 Å². The lowest BCUT2D eigenvalue weighted by molar-refractivity contribution is 0.357. The van der Waals surface area contributed by atoms with Gasteiger partial charge in [-0.05, 0) is 12.5 Å². The van der Waals surface area contributed by atoms with Crippen molar-refractivity contribution in [3.05, 3.63) is 11.8 Å². The number of aliphatic hydroxyl groups excluding tert-OH is 1. The summed E-state index contributed by atoms with van der Waals surface area (Å²) in [6.07, 6.45) is 4.48. The lowest BCUT2D eigenvalue weighted by Gasteiger charge is -2.02. The molecule has 27 valence electrons. The zero-order valence-electron chi connectivity index (χ0n) is 2.86. The molecular formula is C4H5O. The molecule has 0 saturated heterocycles. The fourth-order valence-corrected chi connectivity index (χ4v) is 0.237. The van der Waals surface area contributed by atoms with Crippen molar-refractivity contribution in [2.24, 2.45) is 0 Å². The first-order chi connectivity index (χ1) is 2.39. The first-order valence-corrected chi connectivity index (χ1v) is 1.68. The average molecular weight is 69.1 g/mol. The monoisotopic (exact) mass is 69.0 g/mol. The van der Waals surface area contributed by atoms with Crippen LogP contribution in [0.25, 0.3) is 0 Å². The van der Waals surface area contributed by atoms with Crippen LogP contribution >= 0.6 is 0 Å². The van der Waals surface area contributed by atoms with Crippen LogP contribution in [0, 0.1) is 6.08 Å². The third-order valence-corrected chi connectivity index (χ3v) is 0.691. The summed E-state index contributed by atoms with van der Waals surface area (Å²) in [5.74, 6) is 0.435. The van der Waals surface area contributed by atoms with E-state index >= 15 is 0 Å². The molecular weight excluding hydrogens is 64.0 g/mol. The van der Waals surface area contributed by atoms with E-state index in [2.05, 4.69) is 6.08 Å². The van der Waals surface area contributed by atoms with Crippen LogP contribution in [0.15, 0.2) is 5.76 Å². The van der Waals surface area contributed by atoms with E-state index in [0.29, 0.717) is 5.76 Å². The first-order valence-electron chi connectivity index (χ1n) is 1.68. The van der Waals surface area contributed by atoms with Crippen LogP contribution in [0.5, 0.6) is 0 Å². The SMILES string of the molecule is OC1=[C]CC1. The highest BCUT2D eigenvalue weighted by atomic mass is 16.3. The van der Waals surface area contributed by atoms with Gasteiger partial charge in [-0.1, -0.05) is 0 Å². The van der Waals surface area contributed by atoms with Crippen molar-refractivity contribution in [2.75, 3.05) is 0 Å². The Morgan fingerprint density at radius 2 is 2.20 bits per heavy atom. The van der Waals surface area contributed by atoms with Crippen LogP contribution in [-0.4, -0.2) is 5.11 Å². The molecule has 0 atom stereocenters. The summed E-state index contributed by atoms with van der Waals surface area (Å²) < 4.78 is 0. The van der Waals surface area contributed by atoms with Crippen LogP contribution in [0.3, 0.4) is 0 Å². The summed E-state index contributed by atoms with van der Waals surface area (Å²) in [5, 5.41) is 8.25. The van der Waals surface area contributed by atoms with Crippen LogP contribution in [0.4, 0.5) is 0 Å². The van der Waals surface area contributed by atoms with Gasteiger partial charge in [0.2, 0.25) is 0 Å². The fraction of sp³-hybridized carbons (Fsp3) is 0.500. The smallest absolute Gasteiger partial charge is 0.0961 e. The van der Waals surface area contributed by atoms with E-state index in [0.717, 1.165) is 12.8 Å². The molecule has 0 aromatic rings. The molecule has 0 fully saturated rings. The predicted molar refractivity (Wildman–Crippen MR) is 18.6 cm³/mol. The topological polar surface area (TPSA) is 20.2 Å². The van der Waals surface area contributed by atoms with Crippen molar-refractivity contribution in [3.8, 4) is 0 Å². The van der Waals surface area contributed by atoms with Crippen molar-refractivity contribution in [3.63, 3.8) is 0 Å². The van der Waals surface area contributed by atoms with Gasteiger partial charge >= 0.3 is 0 Å². The molecule has 0 spiro atoms. The highest BCUT2D eigenvalue weighted by Gasteiger charge is 1.99. The normalized spacial score (nSPS) is 20.4. The molecule has 0 saturated carbocycles. The third-order valence-electron chi connectivity index (χ3n) is 0.691. The molecule has 1 radical (unpaired) electrons. The summed E-state index contributed by atoms with van der Waals surface area (Å²) in [4.78, 5) is 0. The summed E-state index contributed by atoms with van der Waals surface area (Å²) >= 11 is 0. The van der Waals surface area contributed by atoms with Gasteiger partial charge in [0.05, 0.1) is 5.76 Å². The second-order valence-corrected chi connectivity index (χ2v) is 1.12. The number of hydrogen-bond acceptors (Lipinski definition) is 1. The predicted octanol–water partition coefficient (Wildman–Crippen LogP) is 1.03. The van der Waals surface area contributed by atoms with Gasteiger partial charge in [0.15, 0.2) is 0 Å². The molecule has 0 heterocycles. The Morgan fingerprint density at radius 3 is 2.20 bits per heavy atom. The second kappa shape index (κ2) is 0.744. The first kappa shape index (κ1) is 2.76. The third kappa shape index (κ3) is 0.274. The lowest BCUT2D eigenvalue weighted by Crippen LogP contribution is -1.90. The summed E-state index contributed by atoms with van der Waals surface area (Å²) in [6, 6.07) is 0. The number of allylic oxidation sites excluding steroid dienone is 2. The van der Waals surface area contributed by atoms with Gasteiger partial charge in [0.1, 0.15) is 0 Å². The zero-order chi connectivity index (χ0) is 3.70. The Hall–Kier alpha value is -0.460. The van der Waals surface area contributed by atoms with Crippen molar-refractivity contribution >= 4 is 0 Å². The van der Waals surface area contributed by atoms with Gasteiger partial charge in [-0.25, -0.2) is 0 Å². The van der Waals surface area contributed by atoms with E-state index < -0.39 is 0 Å². The van der Waals surface area contributed by atoms with Gasteiger partial charge in [-0.15, -0.1) is 0 Å². The molecule has 5 heavy (non-hydrogen) atoms. The van der Waals surface area contributed by atoms with Crippen molar-refractivity contribution in [1.82, 2.24) is 0 Å². The minimum absolute atomic E-state index is 0.435. The Bertz CT molecular complexity index is 64.0. The average Bonchev–Trinajstić information content (AvgIpc) is 1.30. The standard InChI is InChI=1S/C4H5O/c5-4-2-1-3-4/h5H,1-2H2. The van der Waals surface area contributed by atoms with E-state index in [9.17, 15) is 0 Å². The van der Waals surface area contributed by atoms with Gasteiger partial charge in [0, 0.05) is 6.42 Å². The largest absolute Gasteiger partial charge is 0.512 e. The Balaban J connectivity index is 2.51. The highest BCUT2D eigenvalue weighted by molar-refractivity contribution is 4.94. The summed E-state index contributed by atoms with van der Waals surface area (Å²) in [7, 11) is 0. The minimum Gasteiger partial charge on any atom is -0.512 e. The summed E-state index contributed by atoms with van der Waals surface area (Å²) in [5.41, 5.74) is 0. The van der Waals surface area contributed by atoms with E-state index in [1.165, 1.54) is 0 Å². The van der Waals surface area contributed by atoms with Gasteiger partial charge < -0.3 is 5.11 Å². The molecule has 0 aromatic carbocycles. The van der Waals surface area contributed by atoms with E-state index in [1.807, 2.05) is 0 Å². The van der Waals surface area contributed by atoms with Crippen molar-refractivity contribution in [2.45, 2.75) is 12.8 Å². The molecule has 0 amide bonds. The molecule has 0 aliphatic heterocycles. The van der Waals surface area contributed by atoms with Crippen LogP contribution in [-0.2, 0) is 0 Å². The van der Waals surface area contributed by atoms with Crippen LogP contribution < -0.4 is 0 Å². The van der Waals surface area contributed by atoms with Crippen molar-refractivity contribution in [1.29, 1.82) is 0 Å². The molecule has 0 unspecified atom stereocenters. The maximum absolute atomic E-state index is 8.25. The zero-order valence-corrected chi connectivity index (χ0v) is 2.86. The molecule has 1 nitrogen and oxygen atoms in total. The van der Waals surface area contributed by atoms with Crippen molar-refractivity contribution < 1.29 is 5.11 Å². The molecule has 1 heteroatoms.